The number of hydrogen-bond acceptors (Lipinski definition) is 4. The Hall–Kier alpha value is -2.29. The molecule has 0 radical (unpaired) electrons. The number of Topliss-reactive ketones (excluding diaryl/α,β-unsaturated/α-hetero) is 1. The lowest BCUT2D eigenvalue weighted by Gasteiger charge is -2.29. The first-order valence-electron chi connectivity index (χ1n) is 7.66. The van der Waals surface area contributed by atoms with Crippen LogP contribution in [0.3, 0.4) is 0 Å². The number of rotatable bonds is 1. The predicted molar refractivity (Wildman–Crippen MR) is 91.1 cm³/mol. The topological polar surface area (TPSA) is 61.1 Å². The molecule has 0 atom stereocenters. The van der Waals surface area contributed by atoms with E-state index < -0.39 is 28.5 Å². The summed E-state index contributed by atoms with van der Waals surface area (Å²) in [5.41, 5.74) is -3.73. The quantitative estimate of drug-likeness (QED) is 0.759. The van der Waals surface area contributed by atoms with Crippen molar-refractivity contribution in [3.05, 3.63) is 56.4 Å². The second-order valence-corrected chi connectivity index (χ2v) is 7.74. The summed E-state index contributed by atoms with van der Waals surface area (Å²) >= 11 is 1.48. The molecule has 0 bridgehead atoms. The summed E-state index contributed by atoms with van der Waals surface area (Å²) < 4.78 is 39.9. The number of nitrogens with zero attached hydrogens (tertiary/aromatic N) is 2. The standard InChI is InChI=1S/C17H15F3N2O3S/c1-16(2)8-26-11-5-4-9(6-10(11)14(16)24)22-13(23)7-12(17(18,19)20)21(3)15(22)25/h4-7H,8H2,1-3H3. The summed E-state index contributed by atoms with van der Waals surface area (Å²) in [5.74, 6) is 0.463. The summed E-state index contributed by atoms with van der Waals surface area (Å²) in [4.78, 5) is 37.9. The molecule has 0 unspecified atom stereocenters. The van der Waals surface area contributed by atoms with Gasteiger partial charge in [0.05, 0.1) is 5.69 Å². The molecule has 5 nitrogen and oxygen atoms in total. The van der Waals surface area contributed by atoms with Crippen molar-refractivity contribution in [2.75, 3.05) is 5.75 Å². The van der Waals surface area contributed by atoms with Crippen LogP contribution >= 0.6 is 11.8 Å². The maximum absolute atomic E-state index is 12.9. The molecule has 1 aliphatic rings. The normalized spacial score (nSPS) is 16.5. The predicted octanol–water partition coefficient (Wildman–Crippen LogP) is 2.87. The Kier molecular flexibility index (Phi) is 4.18. The van der Waals surface area contributed by atoms with Crippen LogP contribution in [0.15, 0.2) is 38.8 Å². The number of ketones is 1. The van der Waals surface area contributed by atoms with Crippen molar-refractivity contribution in [3.63, 3.8) is 0 Å². The molecular formula is C17H15F3N2O3S. The zero-order valence-electron chi connectivity index (χ0n) is 14.2. The molecule has 2 heterocycles. The first-order chi connectivity index (χ1) is 11.9. The second kappa shape index (κ2) is 5.87. The van der Waals surface area contributed by atoms with Gasteiger partial charge >= 0.3 is 11.9 Å². The Labute approximate surface area is 150 Å². The SMILES string of the molecule is Cn1c(C(F)(F)F)cc(=O)n(-c2ccc3c(c2)C(=O)C(C)(C)CS3)c1=O. The van der Waals surface area contributed by atoms with Gasteiger partial charge < -0.3 is 0 Å². The fraction of sp³-hybridized carbons (Fsp3) is 0.353. The monoisotopic (exact) mass is 384 g/mol. The Morgan fingerprint density at radius 1 is 1.12 bits per heavy atom. The molecule has 0 spiro atoms. The molecule has 0 N–H and O–H groups in total. The molecule has 9 heteroatoms. The number of carbonyl (C=O) groups excluding carboxylic acids is 1. The van der Waals surface area contributed by atoms with E-state index >= 15 is 0 Å². The molecule has 138 valence electrons. The van der Waals surface area contributed by atoms with E-state index in [1.54, 1.807) is 19.9 Å². The van der Waals surface area contributed by atoms with E-state index in [0.717, 1.165) is 11.9 Å². The van der Waals surface area contributed by atoms with Crippen LogP contribution in [-0.2, 0) is 13.2 Å². The van der Waals surface area contributed by atoms with Crippen molar-refractivity contribution < 1.29 is 18.0 Å². The zero-order valence-corrected chi connectivity index (χ0v) is 15.0. The van der Waals surface area contributed by atoms with Crippen LogP contribution in [0.4, 0.5) is 13.2 Å². The minimum absolute atomic E-state index is 0.0646. The van der Waals surface area contributed by atoms with E-state index in [4.69, 9.17) is 0 Å². The number of fused-ring (bicyclic) bond motifs is 1. The Balaban J connectivity index is 2.23. The number of carbonyl (C=O) groups is 1. The van der Waals surface area contributed by atoms with Gasteiger partial charge in [-0.2, -0.15) is 13.2 Å². The third-order valence-corrected chi connectivity index (χ3v) is 5.81. The lowest BCUT2D eigenvalue weighted by atomic mass is 9.85. The van der Waals surface area contributed by atoms with Gasteiger partial charge in [0.25, 0.3) is 5.56 Å². The molecule has 0 saturated carbocycles. The fourth-order valence-corrected chi connectivity index (χ4v) is 3.90. The highest BCUT2D eigenvalue weighted by molar-refractivity contribution is 7.99. The lowest BCUT2D eigenvalue weighted by Crippen LogP contribution is -2.41. The molecule has 0 fully saturated rings. The molecule has 1 aromatic carbocycles. The Morgan fingerprint density at radius 2 is 1.77 bits per heavy atom. The maximum Gasteiger partial charge on any atom is 0.431 e. The first-order valence-corrected chi connectivity index (χ1v) is 8.64. The number of thioether (sulfide) groups is 1. The maximum atomic E-state index is 12.9. The second-order valence-electron chi connectivity index (χ2n) is 6.72. The van der Waals surface area contributed by atoms with Gasteiger partial charge in [-0.15, -0.1) is 11.8 Å². The largest absolute Gasteiger partial charge is 0.431 e. The molecule has 26 heavy (non-hydrogen) atoms. The van der Waals surface area contributed by atoms with Crippen molar-refractivity contribution in [1.29, 1.82) is 0 Å². The van der Waals surface area contributed by atoms with Crippen LogP contribution in [-0.4, -0.2) is 20.7 Å². The average Bonchev–Trinajstić information content (AvgIpc) is 2.54. The molecule has 1 aromatic heterocycles. The third-order valence-electron chi connectivity index (χ3n) is 4.28. The van der Waals surface area contributed by atoms with Crippen LogP contribution < -0.4 is 11.2 Å². The van der Waals surface area contributed by atoms with Gasteiger partial charge in [0.2, 0.25) is 0 Å². The van der Waals surface area contributed by atoms with Crippen LogP contribution in [0.25, 0.3) is 5.69 Å². The van der Waals surface area contributed by atoms with Gasteiger partial charge in [-0.1, -0.05) is 13.8 Å². The highest BCUT2D eigenvalue weighted by atomic mass is 32.2. The molecule has 1 aliphatic heterocycles. The molecule has 0 amide bonds. The van der Waals surface area contributed by atoms with Crippen molar-refractivity contribution in [1.82, 2.24) is 9.13 Å². The van der Waals surface area contributed by atoms with E-state index in [1.165, 1.54) is 23.9 Å². The highest BCUT2D eigenvalue weighted by Gasteiger charge is 2.36. The van der Waals surface area contributed by atoms with E-state index in [2.05, 4.69) is 0 Å². The van der Waals surface area contributed by atoms with E-state index in [-0.39, 0.29) is 11.5 Å². The minimum atomic E-state index is -4.82. The summed E-state index contributed by atoms with van der Waals surface area (Å²) in [5, 5.41) is 0. The van der Waals surface area contributed by atoms with Gasteiger partial charge in [-0.3, -0.25) is 14.2 Å². The Morgan fingerprint density at radius 3 is 2.38 bits per heavy atom. The molecule has 0 saturated heterocycles. The zero-order chi connectivity index (χ0) is 19.4. The van der Waals surface area contributed by atoms with Crippen molar-refractivity contribution in [3.8, 4) is 5.69 Å². The molecule has 0 aliphatic carbocycles. The summed E-state index contributed by atoms with van der Waals surface area (Å²) in [7, 11) is 0.948. The third kappa shape index (κ3) is 2.90. The number of alkyl halides is 3. The van der Waals surface area contributed by atoms with Crippen molar-refractivity contribution in [2.24, 2.45) is 12.5 Å². The average molecular weight is 384 g/mol. The van der Waals surface area contributed by atoms with Gasteiger partial charge in [-0.25, -0.2) is 9.36 Å². The number of aromatic nitrogens is 2. The molecule has 2 aromatic rings. The summed E-state index contributed by atoms with van der Waals surface area (Å²) in [6.45, 7) is 3.59. The smallest absolute Gasteiger partial charge is 0.294 e. The minimum Gasteiger partial charge on any atom is -0.294 e. The van der Waals surface area contributed by atoms with Gasteiger partial charge in [-0.05, 0) is 18.2 Å². The number of benzene rings is 1. The van der Waals surface area contributed by atoms with Crippen LogP contribution in [0, 0.1) is 5.41 Å². The summed E-state index contributed by atoms with van der Waals surface area (Å²) in [6, 6.07) is 4.82. The van der Waals surface area contributed by atoms with Crippen LogP contribution in [0.2, 0.25) is 0 Å². The van der Waals surface area contributed by atoms with E-state index in [1.807, 2.05) is 0 Å². The first kappa shape index (κ1) is 18.5. The Bertz CT molecular complexity index is 1040. The van der Waals surface area contributed by atoms with Crippen molar-refractivity contribution in [2.45, 2.75) is 24.9 Å². The molecular weight excluding hydrogens is 369 g/mol. The summed E-state index contributed by atoms with van der Waals surface area (Å²) in [6.07, 6.45) is -4.82. The van der Waals surface area contributed by atoms with E-state index in [0.29, 0.717) is 26.5 Å². The van der Waals surface area contributed by atoms with Crippen molar-refractivity contribution >= 4 is 17.5 Å². The number of halogens is 3. The van der Waals surface area contributed by atoms with Gasteiger partial charge in [0.15, 0.2) is 5.78 Å². The van der Waals surface area contributed by atoms with Gasteiger partial charge in [0, 0.05) is 34.7 Å². The fourth-order valence-electron chi connectivity index (χ4n) is 2.78. The molecule has 3 rings (SSSR count). The van der Waals surface area contributed by atoms with Crippen LogP contribution in [0.1, 0.15) is 29.9 Å². The number of hydrogen-bond donors (Lipinski definition) is 0. The lowest BCUT2D eigenvalue weighted by molar-refractivity contribution is -0.144. The van der Waals surface area contributed by atoms with Gasteiger partial charge in [0.1, 0.15) is 5.69 Å². The van der Waals surface area contributed by atoms with Crippen LogP contribution in [0.5, 0.6) is 0 Å². The highest BCUT2D eigenvalue weighted by Crippen LogP contribution is 2.39. The van der Waals surface area contributed by atoms with E-state index in [9.17, 15) is 27.6 Å².